The lowest BCUT2D eigenvalue weighted by molar-refractivity contribution is 0.0526. The number of alkyl carbamates (subject to hydrolysis) is 1. The third-order valence-electron chi connectivity index (χ3n) is 6.97. The van der Waals surface area contributed by atoms with Crippen LogP contribution in [0.5, 0.6) is 5.75 Å². The molecule has 1 atom stereocenters. The normalized spacial score (nSPS) is 14.7. The Morgan fingerprint density at radius 1 is 1.19 bits per heavy atom. The number of amides is 1. The predicted molar refractivity (Wildman–Crippen MR) is 150 cm³/mol. The lowest BCUT2D eigenvalue weighted by atomic mass is 9.99. The number of nitrogens with zero attached hydrogens (tertiary/aromatic N) is 7. The number of halogens is 2. The van der Waals surface area contributed by atoms with Gasteiger partial charge in [0.1, 0.15) is 23.3 Å². The first kappa shape index (κ1) is 27.8. The minimum absolute atomic E-state index is 0.0194. The van der Waals surface area contributed by atoms with Crippen LogP contribution in [-0.4, -0.2) is 53.5 Å². The summed E-state index contributed by atoms with van der Waals surface area (Å²) in [6.07, 6.45) is 2.46. The summed E-state index contributed by atoms with van der Waals surface area (Å²) in [6.45, 7) is 5.30. The van der Waals surface area contributed by atoms with E-state index in [1.54, 1.807) is 43.5 Å². The Hall–Kier alpha value is -5.32. The van der Waals surface area contributed by atoms with Gasteiger partial charge in [-0.2, -0.15) is 10.2 Å². The van der Waals surface area contributed by atoms with Crippen molar-refractivity contribution in [3.63, 3.8) is 0 Å². The van der Waals surface area contributed by atoms with Gasteiger partial charge in [0, 0.05) is 19.5 Å². The zero-order valence-electron chi connectivity index (χ0n) is 23.5. The van der Waals surface area contributed by atoms with E-state index in [1.807, 2.05) is 0 Å². The minimum Gasteiger partial charge on any atom is -0.490 e. The molecule has 2 aromatic carbocycles. The number of carbonyl (C=O) groups excluding carboxylic acids is 1. The average molecular weight is 589 g/mol. The van der Waals surface area contributed by atoms with Gasteiger partial charge in [-0.25, -0.2) is 28.3 Å². The fourth-order valence-electron chi connectivity index (χ4n) is 5.16. The Bertz CT molecular complexity index is 2000. The predicted octanol–water partition coefficient (Wildman–Crippen LogP) is 3.98. The van der Waals surface area contributed by atoms with Gasteiger partial charge in [0.2, 0.25) is 5.95 Å². The van der Waals surface area contributed by atoms with Crippen LogP contribution < -0.4 is 15.7 Å². The maximum atomic E-state index is 15.2. The van der Waals surface area contributed by atoms with E-state index in [0.29, 0.717) is 22.1 Å². The molecule has 1 amide bonds. The van der Waals surface area contributed by atoms with Crippen molar-refractivity contribution < 1.29 is 23.0 Å². The van der Waals surface area contributed by atoms with E-state index in [-0.39, 0.29) is 49.0 Å². The lowest BCUT2D eigenvalue weighted by Crippen LogP contribution is -2.36. The molecule has 1 unspecified atom stereocenters. The smallest absolute Gasteiger partial charge is 0.407 e. The van der Waals surface area contributed by atoms with Crippen LogP contribution in [0.25, 0.3) is 28.1 Å². The average Bonchev–Trinajstić information content (AvgIpc) is 3.51. The minimum atomic E-state index is -0.943. The van der Waals surface area contributed by atoms with Crippen molar-refractivity contribution >= 4 is 28.3 Å². The van der Waals surface area contributed by atoms with Crippen LogP contribution in [0, 0.1) is 23.0 Å². The molecule has 6 rings (SSSR count). The molecular formula is C29H26F2N8O4. The highest BCUT2D eigenvalue weighted by atomic mass is 19.1. The van der Waals surface area contributed by atoms with Crippen LogP contribution in [0.15, 0.2) is 47.7 Å². The number of rotatable bonds is 5. The van der Waals surface area contributed by atoms with E-state index in [4.69, 9.17) is 14.5 Å². The number of nitrogens with one attached hydrogen (secondary N) is 1. The second kappa shape index (κ2) is 10.5. The van der Waals surface area contributed by atoms with Crippen LogP contribution >= 0.6 is 0 Å². The molecule has 4 heterocycles. The SMILES string of the molecule is CC(C)(C)OC(=O)NCCn1c(=O)n(C2CCOc3c(F)ccc(F)c32)c2nc(-n3cnc4ccc(C#N)cc43)ncc21. The van der Waals surface area contributed by atoms with Gasteiger partial charge in [0.15, 0.2) is 17.2 Å². The van der Waals surface area contributed by atoms with Crippen LogP contribution in [0.3, 0.4) is 0 Å². The Kier molecular flexibility index (Phi) is 6.80. The number of hydrogen-bond donors (Lipinski definition) is 1. The molecule has 12 nitrogen and oxygen atoms in total. The molecule has 5 aromatic rings. The fourth-order valence-corrected chi connectivity index (χ4v) is 5.16. The van der Waals surface area contributed by atoms with Crippen LogP contribution in [0.1, 0.15) is 44.4 Å². The van der Waals surface area contributed by atoms with Gasteiger partial charge in [0.25, 0.3) is 0 Å². The van der Waals surface area contributed by atoms with Gasteiger partial charge in [-0.15, -0.1) is 0 Å². The van der Waals surface area contributed by atoms with Crippen LogP contribution in [-0.2, 0) is 11.3 Å². The molecule has 3 aromatic heterocycles. The highest BCUT2D eigenvalue weighted by molar-refractivity contribution is 5.79. The number of aromatic nitrogens is 6. The van der Waals surface area contributed by atoms with Crippen molar-refractivity contribution in [3.05, 3.63) is 76.1 Å². The zero-order valence-corrected chi connectivity index (χ0v) is 23.5. The molecule has 220 valence electrons. The van der Waals surface area contributed by atoms with Crippen molar-refractivity contribution in [2.45, 2.75) is 45.4 Å². The number of imidazole rings is 2. The number of hydrogen-bond acceptors (Lipinski definition) is 8. The molecule has 0 radical (unpaired) electrons. The van der Waals surface area contributed by atoms with E-state index in [0.717, 1.165) is 12.1 Å². The van der Waals surface area contributed by atoms with Crippen LogP contribution in [0.2, 0.25) is 0 Å². The summed E-state index contributed by atoms with van der Waals surface area (Å²) < 4.78 is 44.9. The molecule has 0 saturated heterocycles. The zero-order chi connectivity index (χ0) is 30.5. The fraction of sp³-hybridized carbons (Fsp3) is 0.310. The largest absolute Gasteiger partial charge is 0.490 e. The van der Waals surface area contributed by atoms with Crippen molar-refractivity contribution in [1.29, 1.82) is 5.26 Å². The number of carbonyl (C=O) groups is 1. The molecule has 1 aliphatic heterocycles. The molecule has 1 aliphatic rings. The summed E-state index contributed by atoms with van der Waals surface area (Å²) >= 11 is 0. The molecule has 0 aliphatic carbocycles. The van der Waals surface area contributed by atoms with E-state index >= 15 is 4.39 Å². The third kappa shape index (κ3) is 5.03. The molecule has 1 N–H and O–H groups in total. The second-order valence-electron chi connectivity index (χ2n) is 11.0. The summed E-state index contributed by atoms with van der Waals surface area (Å²) in [5.74, 6) is -1.57. The monoisotopic (exact) mass is 588 g/mol. The maximum absolute atomic E-state index is 15.2. The highest BCUT2D eigenvalue weighted by Crippen LogP contribution is 2.39. The topological polar surface area (TPSA) is 142 Å². The highest BCUT2D eigenvalue weighted by Gasteiger charge is 2.33. The number of fused-ring (bicyclic) bond motifs is 3. The van der Waals surface area contributed by atoms with Crippen LogP contribution in [0.4, 0.5) is 13.6 Å². The molecular weight excluding hydrogens is 562 g/mol. The molecule has 0 saturated carbocycles. The number of benzene rings is 2. The second-order valence-corrected chi connectivity index (χ2v) is 11.0. The number of nitriles is 1. The van der Waals surface area contributed by atoms with Gasteiger partial charge >= 0.3 is 11.8 Å². The summed E-state index contributed by atoms with van der Waals surface area (Å²) in [6, 6.07) is 8.10. The van der Waals surface area contributed by atoms with E-state index < -0.39 is 35.1 Å². The van der Waals surface area contributed by atoms with Crippen molar-refractivity contribution in [2.75, 3.05) is 13.2 Å². The summed E-state index contributed by atoms with van der Waals surface area (Å²) in [4.78, 5) is 39.7. The van der Waals surface area contributed by atoms with Crippen molar-refractivity contribution in [2.24, 2.45) is 0 Å². The summed E-state index contributed by atoms with van der Waals surface area (Å²) in [5.41, 5.74) is 0.690. The van der Waals surface area contributed by atoms with Crippen molar-refractivity contribution in [1.82, 2.24) is 34.0 Å². The van der Waals surface area contributed by atoms with Gasteiger partial charge in [-0.3, -0.25) is 13.7 Å². The Morgan fingerprint density at radius 3 is 2.74 bits per heavy atom. The van der Waals surface area contributed by atoms with Gasteiger partial charge in [-0.1, -0.05) is 0 Å². The van der Waals surface area contributed by atoms with E-state index in [1.165, 1.54) is 21.7 Å². The lowest BCUT2D eigenvalue weighted by Gasteiger charge is -2.27. The van der Waals surface area contributed by atoms with Gasteiger partial charge in [0.05, 0.1) is 47.1 Å². The first-order chi connectivity index (χ1) is 20.6. The standard InChI is InChI=1S/C29H26F2N8O4/c1-29(2,3)43-27(40)33-9-10-37-22-14-34-26(38-15-35-19-7-4-16(13-32)12-21(19)38)36-25(22)39(28(37)41)20-8-11-42-24-18(31)6-5-17(30)23(20)24/h4-7,12,14-15,20H,8-11H2,1-3H3,(H,33,40). The maximum Gasteiger partial charge on any atom is 0.407 e. The molecule has 0 spiro atoms. The van der Waals surface area contributed by atoms with Crippen molar-refractivity contribution in [3.8, 4) is 17.8 Å². The third-order valence-corrected chi connectivity index (χ3v) is 6.97. The first-order valence-corrected chi connectivity index (χ1v) is 13.5. The molecule has 0 fully saturated rings. The van der Waals surface area contributed by atoms with E-state index in [9.17, 15) is 19.2 Å². The van der Waals surface area contributed by atoms with Gasteiger partial charge in [-0.05, 0) is 51.1 Å². The molecule has 0 bridgehead atoms. The number of ether oxygens (including phenoxy) is 2. The molecule has 43 heavy (non-hydrogen) atoms. The first-order valence-electron chi connectivity index (χ1n) is 13.5. The quantitative estimate of drug-likeness (QED) is 0.325. The van der Waals surface area contributed by atoms with Gasteiger partial charge < -0.3 is 14.8 Å². The Labute approximate surface area is 243 Å². The van der Waals surface area contributed by atoms with E-state index in [2.05, 4.69) is 21.4 Å². The Morgan fingerprint density at radius 2 is 1.98 bits per heavy atom. The summed E-state index contributed by atoms with van der Waals surface area (Å²) in [7, 11) is 0. The Balaban J connectivity index is 1.49. The molecule has 14 heteroatoms. The summed E-state index contributed by atoms with van der Waals surface area (Å²) in [5, 5.41) is 12.0.